The van der Waals surface area contributed by atoms with Crippen molar-refractivity contribution in [3.05, 3.63) is 65.5 Å². The average Bonchev–Trinajstić information content (AvgIpc) is 2.99. The van der Waals surface area contributed by atoms with E-state index in [2.05, 4.69) is 15.6 Å². The zero-order chi connectivity index (χ0) is 20.9. The van der Waals surface area contributed by atoms with E-state index in [1.54, 1.807) is 18.4 Å². The number of nitrogens with one attached hydrogen (secondary N) is 2. The summed E-state index contributed by atoms with van der Waals surface area (Å²) < 4.78 is 55.6. The number of fused-ring (bicyclic) bond motifs is 1. The molecule has 0 radical (unpaired) electrons. The number of carbonyl (C=O) groups excluding carboxylic acids is 1. The van der Waals surface area contributed by atoms with Gasteiger partial charge in [-0.25, -0.2) is 22.5 Å². The molecule has 0 unspecified atom stereocenters. The maximum Gasteiger partial charge on any atom is 0.240 e. The fourth-order valence-electron chi connectivity index (χ4n) is 3.37. The number of nitrogens with zero attached hydrogens (tertiary/aromatic N) is 2. The first-order chi connectivity index (χ1) is 13.7. The van der Waals surface area contributed by atoms with Crippen LogP contribution in [0.15, 0.2) is 36.4 Å². The Hall–Kier alpha value is -3.36. The number of carbonyl (C=O) groups is 1. The van der Waals surface area contributed by atoms with E-state index in [9.17, 15) is 22.4 Å². The fourth-order valence-corrected chi connectivity index (χ4v) is 3.37. The number of imidazole rings is 1. The topological polar surface area (TPSA) is 59.0 Å². The van der Waals surface area contributed by atoms with Gasteiger partial charge >= 0.3 is 0 Å². The molecular weight excluding hydrogens is 388 g/mol. The molecule has 9 heteroatoms. The van der Waals surface area contributed by atoms with Crippen LogP contribution in [0, 0.1) is 23.3 Å². The van der Waals surface area contributed by atoms with Crippen LogP contribution >= 0.6 is 0 Å². The number of benzene rings is 2. The van der Waals surface area contributed by atoms with Gasteiger partial charge in [0, 0.05) is 23.4 Å². The third-order valence-electron chi connectivity index (χ3n) is 4.64. The van der Waals surface area contributed by atoms with Crippen molar-refractivity contribution in [1.82, 2.24) is 14.9 Å². The lowest BCUT2D eigenvalue weighted by atomic mass is 10.0. The van der Waals surface area contributed by atoms with E-state index >= 15 is 0 Å². The van der Waals surface area contributed by atoms with E-state index in [1.165, 1.54) is 24.3 Å². The highest BCUT2D eigenvalue weighted by Gasteiger charge is 2.36. The third-order valence-corrected chi connectivity index (χ3v) is 4.64. The monoisotopic (exact) mass is 404 g/mol. The van der Waals surface area contributed by atoms with Gasteiger partial charge < -0.3 is 15.2 Å². The Labute approximate surface area is 163 Å². The van der Waals surface area contributed by atoms with Gasteiger partial charge in [-0.2, -0.15) is 0 Å². The minimum absolute atomic E-state index is 0.0590. The Morgan fingerprint density at radius 1 is 1.07 bits per heavy atom. The molecule has 150 valence electrons. The Kier molecular flexibility index (Phi) is 4.33. The lowest BCUT2D eigenvalue weighted by molar-refractivity contribution is -0.124. The zero-order valence-corrected chi connectivity index (χ0v) is 15.5. The summed E-state index contributed by atoms with van der Waals surface area (Å²) in [5.41, 5.74) is 0.0108. The highest BCUT2D eigenvalue weighted by molar-refractivity contribution is 5.83. The van der Waals surface area contributed by atoms with Gasteiger partial charge in [-0.1, -0.05) is 0 Å². The third kappa shape index (κ3) is 3.32. The second-order valence-electron chi connectivity index (χ2n) is 7.28. The molecule has 2 N–H and O–H groups in total. The number of aromatic nitrogens is 2. The molecule has 0 saturated heterocycles. The smallest absolute Gasteiger partial charge is 0.240 e. The van der Waals surface area contributed by atoms with E-state index in [4.69, 9.17) is 0 Å². The van der Waals surface area contributed by atoms with Crippen molar-refractivity contribution in [3.8, 4) is 11.3 Å². The molecule has 3 aromatic rings. The zero-order valence-electron chi connectivity index (χ0n) is 15.5. The first-order valence-electron chi connectivity index (χ1n) is 8.75. The second-order valence-corrected chi connectivity index (χ2v) is 7.28. The molecule has 1 aliphatic rings. The molecule has 2 aromatic carbocycles. The summed E-state index contributed by atoms with van der Waals surface area (Å²) in [5.74, 6) is -4.22. The van der Waals surface area contributed by atoms with Gasteiger partial charge in [-0.15, -0.1) is 0 Å². The predicted molar refractivity (Wildman–Crippen MR) is 98.4 cm³/mol. The molecule has 0 fully saturated rings. The first-order valence-corrected chi connectivity index (χ1v) is 8.75. The molecule has 2 heterocycles. The summed E-state index contributed by atoms with van der Waals surface area (Å²) in [4.78, 5) is 16.8. The van der Waals surface area contributed by atoms with Crippen LogP contribution in [0.25, 0.3) is 11.3 Å². The summed E-state index contributed by atoms with van der Waals surface area (Å²) >= 11 is 0. The standard InChI is InChI=1S/C20H16F4N4O/c1-20(2)19-26-17(10-3-5-11(21)6-4-10)18(28(19)9-15(29)27-20)25-12-7-13(22)16(24)14(23)8-12/h3-8,25H,9H2,1-2H3,(H,27,29). The highest BCUT2D eigenvalue weighted by Crippen LogP contribution is 2.36. The summed E-state index contributed by atoms with van der Waals surface area (Å²) in [6, 6.07) is 7.13. The van der Waals surface area contributed by atoms with Crippen molar-refractivity contribution in [1.29, 1.82) is 0 Å². The van der Waals surface area contributed by atoms with Crippen molar-refractivity contribution in [2.24, 2.45) is 0 Å². The van der Waals surface area contributed by atoms with Crippen LogP contribution in [-0.2, 0) is 16.9 Å². The summed E-state index contributed by atoms with van der Waals surface area (Å²) in [6.07, 6.45) is 0. The van der Waals surface area contributed by atoms with Gasteiger partial charge in [0.2, 0.25) is 5.91 Å². The molecule has 0 saturated carbocycles. The van der Waals surface area contributed by atoms with E-state index in [1.807, 2.05) is 0 Å². The van der Waals surface area contributed by atoms with Gasteiger partial charge in [0.05, 0.1) is 5.54 Å². The number of hydrogen-bond acceptors (Lipinski definition) is 3. The number of amides is 1. The summed E-state index contributed by atoms with van der Waals surface area (Å²) in [5, 5.41) is 5.66. The van der Waals surface area contributed by atoms with Crippen LogP contribution in [0.4, 0.5) is 29.1 Å². The van der Waals surface area contributed by atoms with Crippen LogP contribution in [0.1, 0.15) is 19.7 Å². The van der Waals surface area contributed by atoms with Gasteiger partial charge in [-0.05, 0) is 38.1 Å². The van der Waals surface area contributed by atoms with Crippen LogP contribution in [0.3, 0.4) is 0 Å². The highest BCUT2D eigenvalue weighted by atomic mass is 19.2. The number of halogens is 4. The largest absolute Gasteiger partial charge is 0.342 e. The summed E-state index contributed by atoms with van der Waals surface area (Å²) in [7, 11) is 0. The molecule has 1 amide bonds. The molecular formula is C20H16F4N4O. The van der Waals surface area contributed by atoms with E-state index in [0.717, 1.165) is 12.1 Å². The van der Waals surface area contributed by atoms with Crippen molar-refractivity contribution >= 4 is 17.4 Å². The number of hydrogen-bond donors (Lipinski definition) is 2. The van der Waals surface area contributed by atoms with Crippen molar-refractivity contribution < 1.29 is 22.4 Å². The molecule has 0 aliphatic carbocycles. The second kappa shape index (κ2) is 6.61. The minimum Gasteiger partial charge on any atom is -0.342 e. The molecule has 0 spiro atoms. The van der Waals surface area contributed by atoms with Gasteiger partial charge in [0.1, 0.15) is 29.7 Å². The van der Waals surface area contributed by atoms with Gasteiger partial charge in [0.25, 0.3) is 0 Å². The summed E-state index contributed by atoms with van der Waals surface area (Å²) in [6.45, 7) is 3.44. The molecule has 0 bridgehead atoms. The molecule has 1 aliphatic heterocycles. The van der Waals surface area contributed by atoms with Crippen LogP contribution in [0.2, 0.25) is 0 Å². The van der Waals surface area contributed by atoms with Crippen molar-refractivity contribution in [3.63, 3.8) is 0 Å². The molecule has 4 rings (SSSR count). The molecule has 1 aromatic heterocycles. The quantitative estimate of drug-likeness (QED) is 0.508. The van der Waals surface area contributed by atoms with E-state index in [0.29, 0.717) is 17.1 Å². The maximum atomic E-state index is 13.7. The van der Waals surface area contributed by atoms with Crippen LogP contribution in [-0.4, -0.2) is 15.5 Å². The lowest BCUT2D eigenvalue weighted by Gasteiger charge is -2.31. The van der Waals surface area contributed by atoms with E-state index < -0.39 is 28.8 Å². The lowest BCUT2D eigenvalue weighted by Crippen LogP contribution is -2.49. The van der Waals surface area contributed by atoms with Gasteiger partial charge in [-0.3, -0.25) is 4.79 Å². The first kappa shape index (κ1) is 19.0. The maximum absolute atomic E-state index is 13.7. The average molecular weight is 404 g/mol. The Balaban J connectivity index is 1.90. The minimum atomic E-state index is -1.58. The molecule has 5 nitrogen and oxygen atoms in total. The normalized spacial score (nSPS) is 15.0. The van der Waals surface area contributed by atoms with Gasteiger partial charge in [0.15, 0.2) is 17.5 Å². The van der Waals surface area contributed by atoms with E-state index in [-0.39, 0.29) is 24.0 Å². The number of anilines is 2. The SMILES string of the molecule is CC1(C)NC(=O)Cn2c1nc(-c1ccc(F)cc1)c2Nc1cc(F)c(F)c(F)c1. The molecule has 29 heavy (non-hydrogen) atoms. The Morgan fingerprint density at radius 2 is 1.69 bits per heavy atom. The van der Waals surface area contributed by atoms with Crippen molar-refractivity contribution in [2.75, 3.05) is 5.32 Å². The van der Waals surface area contributed by atoms with Crippen LogP contribution < -0.4 is 10.6 Å². The Bertz CT molecular complexity index is 1100. The Morgan fingerprint density at radius 3 is 2.31 bits per heavy atom. The number of rotatable bonds is 3. The predicted octanol–water partition coefficient (Wildman–Crippen LogP) is 4.22. The fraction of sp³-hybridized carbons (Fsp3) is 0.200. The van der Waals surface area contributed by atoms with Crippen molar-refractivity contribution in [2.45, 2.75) is 25.9 Å². The molecule has 0 atom stereocenters. The van der Waals surface area contributed by atoms with Crippen LogP contribution in [0.5, 0.6) is 0 Å².